The van der Waals surface area contributed by atoms with Crippen molar-refractivity contribution in [3.63, 3.8) is 0 Å². The maximum atomic E-state index is 11.8. The third kappa shape index (κ3) is 5.31. The van der Waals surface area contributed by atoms with Crippen molar-refractivity contribution in [3.8, 4) is 17.5 Å². The van der Waals surface area contributed by atoms with E-state index in [1.807, 2.05) is 6.07 Å². The van der Waals surface area contributed by atoms with Gasteiger partial charge in [0.25, 0.3) is 11.1 Å². The number of aromatic nitrogens is 4. The van der Waals surface area contributed by atoms with Gasteiger partial charge in [-0.1, -0.05) is 12.1 Å². The normalized spacial score (nSPS) is 17.6. The van der Waals surface area contributed by atoms with E-state index in [2.05, 4.69) is 30.2 Å². The highest BCUT2D eigenvalue weighted by Gasteiger charge is 2.25. The van der Waals surface area contributed by atoms with E-state index in [0.717, 1.165) is 49.2 Å². The number of piperidine rings is 1. The molecule has 2 amide bonds. The summed E-state index contributed by atoms with van der Waals surface area (Å²) in [6, 6.07) is 10.6. The molecule has 0 radical (unpaired) electrons. The zero-order valence-corrected chi connectivity index (χ0v) is 18.8. The average molecular weight is 477 g/mol. The first-order valence-corrected chi connectivity index (χ1v) is 11.5. The van der Waals surface area contributed by atoms with E-state index in [9.17, 15) is 9.59 Å². The number of hydrogen-bond acceptors (Lipinski definition) is 10. The molecule has 0 atom stereocenters. The number of nitrogens with one attached hydrogen (secondary N) is 1. The summed E-state index contributed by atoms with van der Waals surface area (Å²) in [5.41, 5.74) is 0.726. The van der Waals surface area contributed by atoms with Crippen molar-refractivity contribution in [2.24, 2.45) is 0 Å². The highest BCUT2D eigenvalue weighted by atomic mass is 32.2. The van der Waals surface area contributed by atoms with Crippen LogP contribution in [0.2, 0.25) is 0 Å². The van der Waals surface area contributed by atoms with Crippen LogP contribution in [0.1, 0.15) is 18.4 Å². The van der Waals surface area contributed by atoms with Crippen LogP contribution in [0.5, 0.6) is 17.5 Å². The fourth-order valence-electron chi connectivity index (χ4n) is 3.60. The Morgan fingerprint density at radius 1 is 1.00 bits per heavy atom. The van der Waals surface area contributed by atoms with Gasteiger partial charge in [0.1, 0.15) is 18.2 Å². The van der Waals surface area contributed by atoms with E-state index in [1.165, 1.54) is 6.33 Å². The Bertz CT molecular complexity index is 1230. The number of nitrogens with zero attached hydrogens (tertiary/aromatic N) is 5. The van der Waals surface area contributed by atoms with Crippen LogP contribution in [0, 0.1) is 0 Å². The lowest BCUT2D eigenvalue weighted by molar-refractivity contribution is -0.115. The number of imide groups is 1. The Kier molecular flexibility index (Phi) is 6.34. The van der Waals surface area contributed by atoms with Crippen molar-refractivity contribution in [3.05, 3.63) is 65.6 Å². The van der Waals surface area contributed by atoms with Crippen LogP contribution in [-0.4, -0.2) is 50.3 Å². The number of thioether (sulfide) groups is 1. The van der Waals surface area contributed by atoms with E-state index >= 15 is 0 Å². The predicted octanol–water partition coefficient (Wildman–Crippen LogP) is 3.43. The summed E-state index contributed by atoms with van der Waals surface area (Å²) >= 11 is 0.869. The average Bonchev–Trinajstić information content (AvgIpc) is 3.17. The molecule has 34 heavy (non-hydrogen) atoms. The SMILES string of the molecule is O=C1NC(=O)/C(=C\c2cccc(Oc3cc(OC4CCN(c5ncccn5)CC4)ncn3)c2)S1. The standard InChI is InChI=1S/C23H20N6O4S/c30-21-18(34-23(31)28-21)12-15-3-1-4-17(11-15)33-20-13-19(26-14-27-20)32-16-5-9-29(10-6-16)22-24-7-2-8-25-22/h1-4,7-8,11-14,16H,5-6,9-10H2,(H,28,30,31)/b18-12+. The molecule has 0 saturated carbocycles. The lowest BCUT2D eigenvalue weighted by atomic mass is 10.1. The second-order valence-corrected chi connectivity index (χ2v) is 8.59. The van der Waals surface area contributed by atoms with Gasteiger partial charge in [0.2, 0.25) is 17.7 Å². The van der Waals surface area contributed by atoms with Gasteiger partial charge in [-0.3, -0.25) is 14.9 Å². The molecule has 2 aromatic heterocycles. The van der Waals surface area contributed by atoms with Gasteiger partial charge >= 0.3 is 0 Å². The third-order valence-corrected chi connectivity index (χ3v) is 6.01. The van der Waals surface area contributed by atoms with Gasteiger partial charge in [-0.2, -0.15) is 0 Å². The van der Waals surface area contributed by atoms with E-state index in [-0.39, 0.29) is 11.3 Å². The zero-order chi connectivity index (χ0) is 23.3. The number of carbonyl (C=O) groups is 2. The molecule has 2 aliphatic rings. The van der Waals surface area contributed by atoms with E-state index in [4.69, 9.17) is 9.47 Å². The lowest BCUT2D eigenvalue weighted by Gasteiger charge is -2.31. The summed E-state index contributed by atoms with van der Waals surface area (Å²) < 4.78 is 11.9. The molecular formula is C23H20N6O4S. The van der Waals surface area contributed by atoms with Crippen molar-refractivity contribution in [2.45, 2.75) is 18.9 Å². The van der Waals surface area contributed by atoms with Crippen LogP contribution in [-0.2, 0) is 4.79 Å². The first-order valence-electron chi connectivity index (χ1n) is 10.7. The molecule has 10 nitrogen and oxygen atoms in total. The number of benzene rings is 1. The number of hydrogen-bond donors (Lipinski definition) is 1. The van der Waals surface area contributed by atoms with Gasteiger partial charge < -0.3 is 14.4 Å². The first kappa shape index (κ1) is 21.8. The van der Waals surface area contributed by atoms with Crippen molar-refractivity contribution < 1.29 is 19.1 Å². The Hall–Kier alpha value is -3.99. The zero-order valence-electron chi connectivity index (χ0n) is 18.0. The van der Waals surface area contributed by atoms with Gasteiger partial charge in [0.05, 0.1) is 11.0 Å². The predicted molar refractivity (Wildman–Crippen MR) is 126 cm³/mol. The minimum atomic E-state index is -0.402. The Labute approximate surface area is 199 Å². The molecule has 0 spiro atoms. The largest absolute Gasteiger partial charge is 0.474 e. The van der Waals surface area contributed by atoms with Crippen molar-refractivity contribution in [2.75, 3.05) is 18.0 Å². The summed E-state index contributed by atoms with van der Waals surface area (Å²) in [4.78, 5) is 42.6. The molecule has 1 aromatic carbocycles. The summed E-state index contributed by atoms with van der Waals surface area (Å²) in [7, 11) is 0. The minimum absolute atomic E-state index is 0.0235. The van der Waals surface area contributed by atoms with Crippen LogP contribution in [0.3, 0.4) is 0 Å². The Morgan fingerprint density at radius 3 is 2.56 bits per heavy atom. The van der Waals surface area contributed by atoms with E-state index < -0.39 is 5.91 Å². The lowest BCUT2D eigenvalue weighted by Crippen LogP contribution is -2.39. The smallest absolute Gasteiger partial charge is 0.290 e. The highest BCUT2D eigenvalue weighted by molar-refractivity contribution is 8.18. The number of carbonyl (C=O) groups excluding carboxylic acids is 2. The summed E-state index contributed by atoms with van der Waals surface area (Å²) in [6.07, 6.45) is 8.19. The Morgan fingerprint density at radius 2 is 1.79 bits per heavy atom. The number of amides is 2. The number of ether oxygens (including phenoxy) is 2. The fraction of sp³-hybridized carbons (Fsp3) is 0.217. The molecule has 2 aliphatic heterocycles. The van der Waals surface area contributed by atoms with Crippen LogP contribution in [0.15, 0.2) is 60.0 Å². The quantitative estimate of drug-likeness (QED) is 0.530. The number of rotatable bonds is 6. The second-order valence-electron chi connectivity index (χ2n) is 7.57. The third-order valence-electron chi connectivity index (χ3n) is 5.20. The monoisotopic (exact) mass is 476 g/mol. The highest BCUT2D eigenvalue weighted by Crippen LogP contribution is 2.28. The molecule has 11 heteroatoms. The summed E-state index contributed by atoms with van der Waals surface area (Å²) in [5, 5.41) is 1.86. The topological polar surface area (TPSA) is 119 Å². The molecule has 2 fully saturated rings. The molecule has 3 aromatic rings. The van der Waals surface area contributed by atoms with Crippen LogP contribution < -0.4 is 19.7 Å². The number of anilines is 1. The second kappa shape index (κ2) is 9.87. The Balaban J connectivity index is 1.20. The van der Waals surface area contributed by atoms with Gasteiger partial charge in [-0.15, -0.1) is 0 Å². The molecule has 1 N–H and O–H groups in total. The summed E-state index contributed by atoms with van der Waals surface area (Å²) in [6.45, 7) is 1.60. The molecule has 5 rings (SSSR count). The maximum absolute atomic E-state index is 11.8. The van der Waals surface area contributed by atoms with Gasteiger partial charge in [-0.05, 0) is 41.6 Å². The van der Waals surface area contributed by atoms with E-state index in [0.29, 0.717) is 22.4 Å². The molecule has 0 bridgehead atoms. The molecule has 2 saturated heterocycles. The van der Waals surface area contributed by atoms with E-state index in [1.54, 1.807) is 48.8 Å². The van der Waals surface area contributed by atoms with Gasteiger partial charge in [0, 0.05) is 38.3 Å². The molecule has 0 aliphatic carbocycles. The fourth-order valence-corrected chi connectivity index (χ4v) is 4.29. The van der Waals surface area contributed by atoms with Gasteiger partial charge in [-0.25, -0.2) is 19.9 Å². The molecule has 4 heterocycles. The van der Waals surface area contributed by atoms with Crippen molar-refractivity contribution in [1.82, 2.24) is 25.3 Å². The maximum Gasteiger partial charge on any atom is 0.290 e. The van der Waals surface area contributed by atoms with Crippen LogP contribution in [0.25, 0.3) is 6.08 Å². The molecular weight excluding hydrogens is 456 g/mol. The molecule has 0 unspecified atom stereocenters. The van der Waals surface area contributed by atoms with Crippen molar-refractivity contribution in [1.29, 1.82) is 0 Å². The minimum Gasteiger partial charge on any atom is -0.474 e. The van der Waals surface area contributed by atoms with Crippen LogP contribution in [0.4, 0.5) is 10.7 Å². The summed E-state index contributed by atoms with van der Waals surface area (Å²) in [5.74, 6) is 1.64. The van der Waals surface area contributed by atoms with Crippen LogP contribution >= 0.6 is 11.8 Å². The van der Waals surface area contributed by atoms with Crippen molar-refractivity contribution >= 4 is 34.9 Å². The van der Waals surface area contributed by atoms with Gasteiger partial charge in [0.15, 0.2) is 0 Å². The first-order chi connectivity index (χ1) is 16.6. The molecule has 172 valence electrons.